The van der Waals surface area contributed by atoms with Gasteiger partial charge in [0.2, 0.25) is 0 Å². The van der Waals surface area contributed by atoms with E-state index in [1.54, 1.807) is 13.8 Å². The van der Waals surface area contributed by atoms with Crippen LogP contribution in [0.15, 0.2) is 35.5 Å². The Kier molecular flexibility index (Phi) is 4.51. The molecular formula is C12H15NO3. The van der Waals surface area contributed by atoms with Crippen LogP contribution in [0.1, 0.15) is 19.4 Å². The topological polar surface area (TPSA) is 58.9 Å². The molecule has 0 aromatic heterocycles. The highest BCUT2D eigenvalue weighted by Gasteiger charge is 2.11. The Morgan fingerprint density at radius 2 is 2.00 bits per heavy atom. The Hall–Kier alpha value is -1.84. The van der Waals surface area contributed by atoms with E-state index >= 15 is 0 Å². The summed E-state index contributed by atoms with van der Waals surface area (Å²) >= 11 is 0. The molecule has 16 heavy (non-hydrogen) atoms. The van der Waals surface area contributed by atoms with Gasteiger partial charge in [-0.2, -0.15) is 0 Å². The van der Waals surface area contributed by atoms with Crippen molar-refractivity contribution < 1.29 is 14.7 Å². The van der Waals surface area contributed by atoms with Crippen molar-refractivity contribution in [2.45, 2.75) is 26.4 Å². The van der Waals surface area contributed by atoms with Crippen molar-refractivity contribution in [1.29, 1.82) is 0 Å². The van der Waals surface area contributed by atoms with Gasteiger partial charge in [0.15, 0.2) is 5.71 Å². The minimum atomic E-state index is -1.05. The van der Waals surface area contributed by atoms with Gasteiger partial charge in [0, 0.05) is 6.42 Å². The molecule has 0 unspecified atom stereocenters. The summed E-state index contributed by atoms with van der Waals surface area (Å²) in [5, 5.41) is 12.6. The van der Waals surface area contributed by atoms with Crippen LogP contribution >= 0.6 is 0 Å². The summed E-state index contributed by atoms with van der Waals surface area (Å²) in [5.41, 5.74) is 0.913. The fourth-order valence-electron chi connectivity index (χ4n) is 1.11. The number of rotatable bonds is 5. The first-order valence-electron chi connectivity index (χ1n) is 5.09. The average molecular weight is 221 g/mol. The molecule has 0 saturated heterocycles. The third kappa shape index (κ3) is 4.13. The average Bonchev–Trinajstić information content (AvgIpc) is 2.25. The number of oxime groups is 1. The van der Waals surface area contributed by atoms with E-state index in [4.69, 9.17) is 9.94 Å². The summed E-state index contributed by atoms with van der Waals surface area (Å²) in [4.78, 5) is 15.9. The zero-order valence-corrected chi connectivity index (χ0v) is 9.38. The number of nitrogens with zero attached hydrogens (tertiary/aromatic N) is 1. The maximum absolute atomic E-state index is 10.9. The number of carbonyl (C=O) groups is 1. The minimum Gasteiger partial charge on any atom is -0.477 e. The van der Waals surface area contributed by atoms with E-state index in [0.29, 0.717) is 0 Å². The van der Waals surface area contributed by atoms with Gasteiger partial charge in [0.05, 0.1) is 0 Å². The van der Waals surface area contributed by atoms with Gasteiger partial charge in [-0.05, 0) is 19.4 Å². The summed E-state index contributed by atoms with van der Waals surface area (Å²) in [7, 11) is 0. The van der Waals surface area contributed by atoms with Gasteiger partial charge in [0.1, 0.15) is 6.10 Å². The van der Waals surface area contributed by atoms with Gasteiger partial charge in [-0.15, -0.1) is 0 Å². The van der Waals surface area contributed by atoms with Crippen molar-refractivity contribution in [3.63, 3.8) is 0 Å². The molecule has 1 aromatic rings. The third-order valence-electron chi connectivity index (χ3n) is 1.83. The lowest BCUT2D eigenvalue weighted by Crippen LogP contribution is -2.17. The molecule has 4 heteroatoms. The molecule has 4 nitrogen and oxygen atoms in total. The van der Waals surface area contributed by atoms with Gasteiger partial charge in [-0.3, -0.25) is 0 Å². The molecule has 1 N–H and O–H groups in total. The van der Waals surface area contributed by atoms with E-state index in [2.05, 4.69) is 5.16 Å². The lowest BCUT2D eigenvalue weighted by molar-refractivity contribution is -0.129. The van der Waals surface area contributed by atoms with Crippen LogP contribution in [-0.4, -0.2) is 22.9 Å². The van der Waals surface area contributed by atoms with E-state index in [1.807, 2.05) is 30.3 Å². The summed E-state index contributed by atoms with van der Waals surface area (Å²) in [6, 6.07) is 9.31. The Morgan fingerprint density at radius 1 is 1.38 bits per heavy atom. The lowest BCUT2D eigenvalue weighted by atomic mass is 10.1. The van der Waals surface area contributed by atoms with Crippen LogP contribution in [-0.2, 0) is 16.1 Å². The smallest absolute Gasteiger partial charge is 0.354 e. The molecule has 0 bridgehead atoms. The van der Waals surface area contributed by atoms with Crippen LogP contribution in [0.2, 0.25) is 0 Å². The zero-order chi connectivity index (χ0) is 12.0. The molecule has 0 aliphatic heterocycles. The molecule has 0 aliphatic rings. The quantitative estimate of drug-likeness (QED) is 0.611. The van der Waals surface area contributed by atoms with Crippen molar-refractivity contribution in [3.05, 3.63) is 35.9 Å². The maximum Gasteiger partial charge on any atom is 0.354 e. The summed E-state index contributed by atoms with van der Waals surface area (Å²) in [5.74, 6) is -1.05. The number of hydrogen-bond acceptors (Lipinski definition) is 3. The predicted octanol–water partition coefficient (Wildman–Crippen LogP) is 2.09. The van der Waals surface area contributed by atoms with Gasteiger partial charge >= 0.3 is 5.97 Å². The van der Waals surface area contributed by atoms with E-state index in [-0.39, 0.29) is 18.2 Å². The van der Waals surface area contributed by atoms with Crippen LogP contribution in [0.4, 0.5) is 0 Å². The summed E-state index contributed by atoms with van der Waals surface area (Å²) in [6.45, 7) is 3.59. The fraction of sp³-hybridized carbons (Fsp3) is 0.333. The Balaban J connectivity index is 2.73. The largest absolute Gasteiger partial charge is 0.477 e. The van der Waals surface area contributed by atoms with Crippen molar-refractivity contribution in [3.8, 4) is 0 Å². The second-order valence-electron chi connectivity index (χ2n) is 3.66. The van der Waals surface area contributed by atoms with Gasteiger partial charge in [-0.1, -0.05) is 35.5 Å². The molecule has 0 fully saturated rings. The number of hydrogen-bond donors (Lipinski definition) is 1. The Morgan fingerprint density at radius 3 is 2.50 bits per heavy atom. The second-order valence-corrected chi connectivity index (χ2v) is 3.66. The van der Waals surface area contributed by atoms with Crippen molar-refractivity contribution >= 4 is 11.7 Å². The number of benzene rings is 1. The monoisotopic (exact) mass is 221 g/mol. The second kappa shape index (κ2) is 5.90. The van der Waals surface area contributed by atoms with Gasteiger partial charge < -0.3 is 9.94 Å². The van der Waals surface area contributed by atoms with Gasteiger partial charge in [-0.25, -0.2) is 4.79 Å². The first kappa shape index (κ1) is 12.2. The molecule has 0 spiro atoms. The SMILES string of the molecule is CC(C)O/N=C(\Cc1ccccc1)C(=O)O. The molecule has 0 saturated carbocycles. The highest BCUT2D eigenvalue weighted by Crippen LogP contribution is 2.02. The number of aliphatic carboxylic acids is 1. The Bertz CT molecular complexity index is 371. The van der Waals surface area contributed by atoms with Crippen LogP contribution in [0.3, 0.4) is 0 Å². The highest BCUT2D eigenvalue weighted by atomic mass is 16.6. The lowest BCUT2D eigenvalue weighted by Gasteiger charge is -2.05. The number of carboxylic acids is 1. The Labute approximate surface area is 94.5 Å². The maximum atomic E-state index is 10.9. The molecule has 1 aromatic carbocycles. The van der Waals surface area contributed by atoms with E-state index in [1.165, 1.54) is 0 Å². The molecule has 86 valence electrons. The molecule has 0 atom stereocenters. The zero-order valence-electron chi connectivity index (χ0n) is 9.38. The van der Waals surface area contributed by atoms with Crippen LogP contribution in [0.5, 0.6) is 0 Å². The highest BCUT2D eigenvalue weighted by molar-refractivity contribution is 6.35. The third-order valence-corrected chi connectivity index (χ3v) is 1.83. The fourth-order valence-corrected chi connectivity index (χ4v) is 1.11. The van der Waals surface area contributed by atoms with Crippen molar-refractivity contribution in [2.75, 3.05) is 0 Å². The minimum absolute atomic E-state index is 0.0138. The molecule has 0 heterocycles. The van der Waals surface area contributed by atoms with Gasteiger partial charge in [0.25, 0.3) is 0 Å². The molecule has 1 rings (SSSR count). The first-order valence-corrected chi connectivity index (χ1v) is 5.09. The molecule has 0 radical (unpaired) electrons. The number of carboxylic acid groups (broad SMARTS) is 1. The first-order chi connectivity index (χ1) is 7.59. The van der Waals surface area contributed by atoms with Crippen LogP contribution < -0.4 is 0 Å². The van der Waals surface area contributed by atoms with E-state index < -0.39 is 5.97 Å². The molecule has 0 aliphatic carbocycles. The van der Waals surface area contributed by atoms with Crippen LogP contribution in [0.25, 0.3) is 0 Å². The van der Waals surface area contributed by atoms with E-state index in [9.17, 15) is 4.79 Å². The molecule has 0 amide bonds. The van der Waals surface area contributed by atoms with Crippen molar-refractivity contribution in [2.24, 2.45) is 5.16 Å². The van der Waals surface area contributed by atoms with Crippen LogP contribution in [0, 0.1) is 0 Å². The predicted molar refractivity (Wildman–Crippen MR) is 61.4 cm³/mol. The summed E-state index contributed by atoms with van der Waals surface area (Å²) in [6.07, 6.45) is 0.147. The standard InChI is InChI=1S/C12H15NO3/c1-9(2)16-13-11(12(14)15)8-10-6-4-3-5-7-10/h3-7,9H,8H2,1-2H3,(H,14,15)/b13-11+. The summed E-state index contributed by atoms with van der Waals surface area (Å²) < 4.78 is 0. The van der Waals surface area contributed by atoms with E-state index in [0.717, 1.165) is 5.56 Å². The van der Waals surface area contributed by atoms with Crippen molar-refractivity contribution in [1.82, 2.24) is 0 Å². The normalized spacial score (nSPS) is 11.6. The molecular weight excluding hydrogens is 206 g/mol.